The zero-order chi connectivity index (χ0) is 45.6. The summed E-state index contributed by atoms with van der Waals surface area (Å²) >= 11 is 4.64. The van der Waals surface area contributed by atoms with E-state index in [-0.39, 0.29) is 23.3 Å². The predicted octanol–water partition coefficient (Wildman–Crippen LogP) is 9.25. The number of ether oxygens (including phenoxy) is 2. The van der Waals surface area contributed by atoms with Gasteiger partial charge in [-0.15, -0.1) is 0 Å². The predicted molar refractivity (Wildman–Crippen MR) is 251 cm³/mol. The maximum absolute atomic E-state index is 12.4. The lowest BCUT2D eigenvalue weighted by Crippen LogP contribution is -2.46. The van der Waals surface area contributed by atoms with Crippen LogP contribution in [0.15, 0.2) is 36.4 Å². The molecule has 63 heavy (non-hydrogen) atoms. The number of anilines is 2. The zero-order valence-electron chi connectivity index (χ0n) is 39.6. The van der Waals surface area contributed by atoms with Crippen LogP contribution in [0.4, 0.5) is 21.0 Å². The first-order chi connectivity index (χ1) is 29.7. The quantitative estimate of drug-likeness (QED) is 0.300. The molecule has 3 amide bonds. The molecule has 2 aromatic rings. The molecule has 0 saturated carbocycles. The fourth-order valence-corrected chi connectivity index (χ4v) is 10.5. The molecule has 0 radical (unpaired) electrons. The van der Waals surface area contributed by atoms with Crippen LogP contribution in [-0.2, 0) is 45.0 Å². The topological polar surface area (TPSA) is 115 Å². The Morgan fingerprint density at radius 2 is 1.08 bits per heavy atom. The molecule has 6 heterocycles. The molecule has 0 unspecified atom stereocenters. The molecule has 4 fully saturated rings. The first kappa shape index (κ1) is 48.6. The molecular formula is C50H75ClN6O6. The van der Waals surface area contributed by atoms with E-state index < -0.39 is 11.2 Å². The van der Waals surface area contributed by atoms with Gasteiger partial charge >= 0.3 is 12.2 Å². The number of carbonyl (C=O) groups excluding carboxylic acids is 4. The van der Waals surface area contributed by atoms with E-state index in [0.717, 1.165) is 123 Å². The number of rotatable bonds is 4. The summed E-state index contributed by atoms with van der Waals surface area (Å²) in [5.41, 5.74) is 7.85. The van der Waals surface area contributed by atoms with Crippen LogP contribution >= 0.6 is 11.6 Å². The summed E-state index contributed by atoms with van der Waals surface area (Å²) in [6, 6.07) is 13.3. The van der Waals surface area contributed by atoms with Crippen molar-refractivity contribution in [3.63, 3.8) is 0 Å². The molecule has 1 N–H and O–H groups in total. The Hall–Kier alpha value is -3.87. The lowest BCUT2D eigenvalue weighted by molar-refractivity contribution is -0.116. The number of nitrogens with zero attached hydrogens (tertiary/aromatic N) is 5. The van der Waals surface area contributed by atoms with Crippen molar-refractivity contribution in [3.8, 4) is 0 Å². The second-order valence-electron chi connectivity index (χ2n) is 21.0. The fraction of sp³-hybridized carbons (Fsp3) is 0.680. The Morgan fingerprint density at radius 1 is 0.635 bits per heavy atom. The van der Waals surface area contributed by atoms with E-state index in [2.05, 4.69) is 63.1 Å². The highest BCUT2D eigenvalue weighted by molar-refractivity contribution is 6.62. The molecular weight excluding hydrogens is 816 g/mol. The highest BCUT2D eigenvalue weighted by Gasteiger charge is 2.43. The van der Waals surface area contributed by atoms with Crippen LogP contribution in [0, 0.1) is 10.8 Å². The van der Waals surface area contributed by atoms with Crippen molar-refractivity contribution in [1.82, 2.24) is 19.6 Å². The molecule has 8 rings (SSSR count). The second kappa shape index (κ2) is 20.5. The number of benzene rings is 2. The first-order valence-electron chi connectivity index (χ1n) is 23.5. The number of amides is 3. The van der Waals surface area contributed by atoms with Gasteiger partial charge in [-0.1, -0.05) is 36.4 Å². The molecule has 6 aliphatic rings. The molecule has 0 bridgehead atoms. The third kappa shape index (κ3) is 13.3. The molecule has 0 aliphatic carbocycles. The number of hydrogen-bond donors (Lipinski definition) is 1. The average Bonchev–Trinajstić information content (AvgIpc) is 3.79. The standard InChI is InChI=1S/C25H37N3O3.C23H35N3O2.C2H3ClO/c1-19(29)28-13-6-9-20-7-5-8-21(22(20)28)17-26-14-10-25(18-26)11-15-27(16-12-25)23(30)31-24(2,3)4;1-22(2,3)28-21(27)26-14-10-23(11-15-26)9-13-25(17-23)16-19-7-4-6-18-8-5-12-24-20(18)19;1-2(3)4/h5,7-8H,6,9-18H2,1-4H3;4,6-7,24H,5,8-17H2,1-3H3;1H3. The number of para-hydroxylation sites is 2. The Kier molecular flexibility index (Phi) is 15.8. The molecule has 348 valence electrons. The van der Waals surface area contributed by atoms with Crippen molar-refractivity contribution in [1.29, 1.82) is 0 Å². The third-order valence-electron chi connectivity index (χ3n) is 13.6. The van der Waals surface area contributed by atoms with Crippen molar-refractivity contribution in [3.05, 3.63) is 58.7 Å². The van der Waals surface area contributed by atoms with Gasteiger partial charge in [0.1, 0.15) is 11.2 Å². The van der Waals surface area contributed by atoms with E-state index in [1.165, 1.54) is 60.5 Å². The summed E-state index contributed by atoms with van der Waals surface area (Å²) in [7, 11) is 0. The van der Waals surface area contributed by atoms with Crippen molar-refractivity contribution < 1.29 is 28.7 Å². The summed E-state index contributed by atoms with van der Waals surface area (Å²) < 4.78 is 11.1. The number of piperidine rings is 2. The van der Waals surface area contributed by atoms with Gasteiger partial charge in [-0.25, -0.2) is 9.59 Å². The Bertz CT molecular complexity index is 1920. The van der Waals surface area contributed by atoms with Gasteiger partial charge in [0, 0.05) is 85.0 Å². The average molecular weight is 892 g/mol. The lowest BCUT2D eigenvalue weighted by Gasteiger charge is -2.39. The third-order valence-corrected chi connectivity index (χ3v) is 13.6. The second-order valence-corrected chi connectivity index (χ2v) is 21.5. The molecule has 13 heteroatoms. The minimum absolute atomic E-state index is 0.140. The van der Waals surface area contributed by atoms with Crippen molar-refractivity contribution in [2.45, 2.75) is 144 Å². The van der Waals surface area contributed by atoms with Gasteiger partial charge in [0.25, 0.3) is 0 Å². The van der Waals surface area contributed by atoms with Gasteiger partial charge in [0.05, 0.1) is 5.69 Å². The molecule has 0 atom stereocenters. The van der Waals surface area contributed by atoms with Gasteiger partial charge in [0.15, 0.2) is 0 Å². The number of fused-ring (bicyclic) bond motifs is 2. The SMILES string of the molecule is CC(=O)Cl.CC(=O)N1CCCc2cccc(CN3CCC4(CCN(C(=O)OC(C)(C)C)CC4)C3)c21.CC(C)(C)OC(=O)N1CCC2(CCN(Cc3cccc4c3NCCC4)C2)CC1. The van der Waals surface area contributed by atoms with Gasteiger partial charge in [-0.05, 0) is 164 Å². The van der Waals surface area contributed by atoms with E-state index in [0.29, 0.717) is 10.8 Å². The van der Waals surface area contributed by atoms with Crippen LogP contribution in [0.3, 0.4) is 0 Å². The normalized spacial score (nSPS) is 20.7. The first-order valence-corrected chi connectivity index (χ1v) is 23.9. The van der Waals surface area contributed by atoms with Crippen molar-refractivity contribution in [2.24, 2.45) is 10.8 Å². The van der Waals surface area contributed by atoms with Crippen LogP contribution in [0.2, 0.25) is 0 Å². The zero-order valence-corrected chi connectivity index (χ0v) is 40.3. The number of aryl methyl sites for hydroxylation is 2. The molecule has 2 spiro atoms. The van der Waals surface area contributed by atoms with Crippen LogP contribution < -0.4 is 10.2 Å². The molecule has 2 aromatic carbocycles. The number of halogens is 1. The summed E-state index contributed by atoms with van der Waals surface area (Å²) in [6.45, 7) is 26.0. The van der Waals surface area contributed by atoms with Gasteiger partial charge in [-0.3, -0.25) is 19.4 Å². The van der Waals surface area contributed by atoms with E-state index in [1.807, 2.05) is 56.2 Å². The largest absolute Gasteiger partial charge is 0.444 e. The molecule has 0 aromatic heterocycles. The lowest BCUT2D eigenvalue weighted by atomic mass is 9.78. The summed E-state index contributed by atoms with van der Waals surface area (Å²) in [5, 5.41) is 3.27. The minimum Gasteiger partial charge on any atom is -0.444 e. The van der Waals surface area contributed by atoms with Crippen LogP contribution in [0.5, 0.6) is 0 Å². The van der Waals surface area contributed by atoms with Crippen LogP contribution in [0.1, 0.15) is 129 Å². The number of likely N-dealkylation sites (tertiary alicyclic amines) is 4. The number of hydrogen-bond acceptors (Lipinski definition) is 9. The summed E-state index contributed by atoms with van der Waals surface area (Å²) in [6.07, 6.45) is 10.9. The molecule has 12 nitrogen and oxygen atoms in total. The maximum Gasteiger partial charge on any atom is 0.410 e. The Labute approximate surface area is 382 Å². The fourth-order valence-electron chi connectivity index (χ4n) is 10.5. The smallest absolute Gasteiger partial charge is 0.410 e. The summed E-state index contributed by atoms with van der Waals surface area (Å²) in [4.78, 5) is 57.1. The van der Waals surface area contributed by atoms with Crippen molar-refractivity contribution >= 4 is 46.3 Å². The number of carbonyl (C=O) groups is 4. The molecule has 4 saturated heterocycles. The van der Waals surface area contributed by atoms with E-state index >= 15 is 0 Å². The monoisotopic (exact) mass is 891 g/mol. The Balaban J connectivity index is 0.000000194. The van der Waals surface area contributed by atoms with Crippen LogP contribution in [0.25, 0.3) is 0 Å². The molecule has 6 aliphatic heterocycles. The highest BCUT2D eigenvalue weighted by Crippen LogP contribution is 2.43. The maximum atomic E-state index is 12.4. The van der Waals surface area contributed by atoms with Crippen molar-refractivity contribution in [2.75, 3.05) is 75.7 Å². The van der Waals surface area contributed by atoms with E-state index in [1.54, 1.807) is 6.92 Å². The summed E-state index contributed by atoms with van der Waals surface area (Å²) in [5.74, 6) is 0.140. The highest BCUT2D eigenvalue weighted by atomic mass is 35.5. The minimum atomic E-state index is -0.445. The van der Waals surface area contributed by atoms with E-state index in [9.17, 15) is 19.2 Å². The Morgan fingerprint density at radius 3 is 1.57 bits per heavy atom. The van der Waals surface area contributed by atoms with E-state index in [4.69, 9.17) is 9.47 Å². The van der Waals surface area contributed by atoms with Gasteiger partial charge < -0.3 is 29.5 Å². The van der Waals surface area contributed by atoms with Gasteiger partial charge in [0.2, 0.25) is 11.1 Å². The van der Waals surface area contributed by atoms with Crippen LogP contribution in [-0.4, -0.2) is 120 Å². The van der Waals surface area contributed by atoms with Gasteiger partial charge in [-0.2, -0.15) is 0 Å². The number of nitrogens with one attached hydrogen (secondary N) is 1.